The van der Waals surface area contributed by atoms with Crippen LogP contribution in [0.2, 0.25) is 0 Å². The van der Waals surface area contributed by atoms with E-state index in [4.69, 9.17) is 10.2 Å². The number of hydrogen-bond donors (Lipinski definition) is 2. The summed E-state index contributed by atoms with van der Waals surface area (Å²) in [7, 11) is 0. The van der Waals surface area contributed by atoms with E-state index in [0.717, 1.165) is 0 Å². The molecule has 0 amide bonds. The molecule has 0 spiro atoms. The lowest BCUT2D eigenvalue weighted by molar-refractivity contribution is 0.187. The lowest BCUT2D eigenvalue weighted by Crippen LogP contribution is -2.15. The van der Waals surface area contributed by atoms with E-state index in [2.05, 4.69) is 0 Å². The molecular formula is C12H16N2O3. The third-order valence-corrected chi connectivity index (χ3v) is 2.77. The van der Waals surface area contributed by atoms with Crippen molar-refractivity contribution < 1.29 is 9.52 Å². The van der Waals surface area contributed by atoms with E-state index in [0.29, 0.717) is 16.7 Å². The fourth-order valence-electron chi connectivity index (χ4n) is 1.96. The van der Waals surface area contributed by atoms with E-state index in [9.17, 15) is 9.90 Å². The zero-order chi connectivity index (χ0) is 12.6. The summed E-state index contributed by atoms with van der Waals surface area (Å²) < 4.78 is 6.76. The molecular weight excluding hydrogens is 220 g/mol. The van der Waals surface area contributed by atoms with E-state index < -0.39 is 11.9 Å². The highest BCUT2D eigenvalue weighted by atomic mass is 16.4. The van der Waals surface area contributed by atoms with Crippen molar-refractivity contribution >= 4 is 11.1 Å². The minimum atomic E-state index is -0.815. The van der Waals surface area contributed by atoms with Gasteiger partial charge in [0, 0.05) is 18.2 Å². The predicted octanol–water partition coefficient (Wildman–Crippen LogP) is 1.17. The second-order valence-electron chi connectivity index (χ2n) is 4.28. The molecule has 1 aromatic carbocycles. The number of nitrogens with zero attached hydrogens (tertiary/aromatic N) is 1. The van der Waals surface area contributed by atoms with Crippen molar-refractivity contribution in [3.8, 4) is 0 Å². The molecule has 92 valence electrons. The Morgan fingerprint density at radius 1 is 1.47 bits per heavy atom. The minimum absolute atomic E-state index is 0.00835. The maximum Gasteiger partial charge on any atom is 0.420 e. The van der Waals surface area contributed by atoms with Crippen molar-refractivity contribution in [2.75, 3.05) is 6.54 Å². The topological polar surface area (TPSA) is 81.4 Å². The largest absolute Gasteiger partial charge is 0.420 e. The van der Waals surface area contributed by atoms with Gasteiger partial charge in [-0.3, -0.25) is 4.57 Å². The Labute approximate surface area is 98.5 Å². The first-order valence-corrected chi connectivity index (χ1v) is 5.58. The number of nitrogens with two attached hydrogens (primary N) is 1. The maximum atomic E-state index is 11.7. The summed E-state index contributed by atoms with van der Waals surface area (Å²) in [6, 6.07) is 5.30. The highest BCUT2D eigenvalue weighted by molar-refractivity contribution is 5.77. The van der Waals surface area contributed by atoms with Gasteiger partial charge in [-0.25, -0.2) is 4.79 Å². The van der Waals surface area contributed by atoms with E-state index >= 15 is 0 Å². The first-order valence-electron chi connectivity index (χ1n) is 5.58. The Bertz CT molecular complexity index is 583. The monoisotopic (exact) mass is 236 g/mol. The van der Waals surface area contributed by atoms with Gasteiger partial charge in [0.1, 0.15) is 0 Å². The Hall–Kier alpha value is -1.59. The van der Waals surface area contributed by atoms with Crippen LogP contribution in [0, 0.1) is 0 Å². The molecule has 0 aliphatic heterocycles. The predicted molar refractivity (Wildman–Crippen MR) is 64.9 cm³/mol. The molecule has 0 fully saturated rings. The Morgan fingerprint density at radius 3 is 2.76 bits per heavy atom. The number of benzene rings is 1. The smallest absolute Gasteiger partial charge is 0.407 e. The van der Waals surface area contributed by atoms with Gasteiger partial charge in [0.05, 0.1) is 11.6 Å². The zero-order valence-corrected chi connectivity index (χ0v) is 9.88. The summed E-state index contributed by atoms with van der Waals surface area (Å²) in [5, 5.41) is 9.77. The third kappa shape index (κ3) is 1.87. The van der Waals surface area contributed by atoms with Crippen molar-refractivity contribution in [2.24, 2.45) is 5.73 Å². The van der Waals surface area contributed by atoms with Crippen LogP contribution in [0.15, 0.2) is 27.4 Å². The Balaban J connectivity index is 2.75. The average Bonchev–Trinajstić information content (AvgIpc) is 2.63. The van der Waals surface area contributed by atoms with Crippen LogP contribution in [0.25, 0.3) is 11.1 Å². The van der Waals surface area contributed by atoms with Crippen molar-refractivity contribution in [3.05, 3.63) is 34.3 Å². The van der Waals surface area contributed by atoms with Crippen molar-refractivity contribution in [1.82, 2.24) is 4.57 Å². The molecule has 0 radical (unpaired) electrons. The molecule has 1 unspecified atom stereocenters. The lowest BCUT2D eigenvalue weighted by atomic mass is 10.1. The number of aromatic nitrogens is 1. The van der Waals surface area contributed by atoms with Crippen LogP contribution in [-0.2, 0) is 0 Å². The number of fused-ring (bicyclic) bond motifs is 1. The summed E-state index contributed by atoms with van der Waals surface area (Å²) in [6.07, 6.45) is -0.815. The fraction of sp³-hybridized carbons (Fsp3) is 0.417. The molecule has 0 bridgehead atoms. The lowest BCUT2D eigenvalue weighted by Gasteiger charge is -2.09. The minimum Gasteiger partial charge on any atom is -0.407 e. The number of aliphatic hydroxyl groups excluding tert-OH is 1. The molecule has 0 saturated heterocycles. The van der Waals surface area contributed by atoms with Crippen LogP contribution in [0.1, 0.15) is 31.6 Å². The molecule has 5 nitrogen and oxygen atoms in total. The van der Waals surface area contributed by atoms with Gasteiger partial charge in [0.2, 0.25) is 0 Å². The third-order valence-electron chi connectivity index (χ3n) is 2.77. The number of para-hydroxylation sites is 1. The molecule has 3 N–H and O–H groups in total. The number of oxazole rings is 1. The zero-order valence-electron chi connectivity index (χ0n) is 9.88. The first kappa shape index (κ1) is 11.9. The van der Waals surface area contributed by atoms with Gasteiger partial charge in [-0.1, -0.05) is 12.1 Å². The molecule has 0 saturated carbocycles. The molecule has 0 aliphatic rings. The van der Waals surface area contributed by atoms with Crippen LogP contribution in [0.4, 0.5) is 0 Å². The summed E-state index contributed by atoms with van der Waals surface area (Å²) >= 11 is 0. The van der Waals surface area contributed by atoms with Crippen molar-refractivity contribution in [3.63, 3.8) is 0 Å². The maximum absolute atomic E-state index is 11.7. The van der Waals surface area contributed by atoms with Crippen molar-refractivity contribution in [1.29, 1.82) is 0 Å². The van der Waals surface area contributed by atoms with E-state index in [-0.39, 0.29) is 12.6 Å². The van der Waals surface area contributed by atoms with Gasteiger partial charge in [-0.05, 0) is 19.9 Å². The number of aliphatic hydroxyl groups is 1. The van der Waals surface area contributed by atoms with Crippen LogP contribution < -0.4 is 11.5 Å². The molecule has 2 aromatic rings. The quantitative estimate of drug-likeness (QED) is 0.838. The van der Waals surface area contributed by atoms with Gasteiger partial charge in [-0.2, -0.15) is 0 Å². The first-order chi connectivity index (χ1) is 8.06. The van der Waals surface area contributed by atoms with E-state index in [1.165, 1.54) is 0 Å². The fourth-order valence-corrected chi connectivity index (χ4v) is 1.96. The molecule has 0 aliphatic carbocycles. The molecule has 1 aromatic heterocycles. The van der Waals surface area contributed by atoms with Crippen LogP contribution in [-0.4, -0.2) is 16.2 Å². The van der Waals surface area contributed by atoms with Crippen LogP contribution in [0.5, 0.6) is 0 Å². The summed E-state index contributed by atoms with van der Waals surface area (Å²) in [5.74, 6) is -0.410. The van der Waals surface area contributed by atoms with Crippen molar-refractivity contribution in [2.45, 2.75) is 26.0 Å². The molecule has 1 atom stereocenters. The number of rotatable bonds is 3. The normalized spacial score (nSPS) is 13.5. The second-order valence-corrected chi connectivity index (χ2v) is 4.28. The van der Waals surface area contributed by atoms with E-state index in [1.54, 1.807) is 22.8 Å². The molecule has 1 heterocycles. The summed E-state index contributed by atoms with van der Waals surface area (Å²) in [4.78, 5) is 11.7. The average molecular weight is 236 g/mol. The van der Waals surface area contributed by atoms with Gasteiger partial charge in [0.25, 0.3) is 0 Å². The van der Waals surface area contributed by atoms with Gasteiger partial charge in [-0.15, -0.1) is 0 Å². The summed E-state index contributed by atoms with van der Waals surface area (Å²) in [5.41, 5.74) is 7.09. The Kier molecular flexibility index (Phi) is 3.04. The highest BCUT2D eigenvalue weighted by Gasteiger charge is 2.17. The van der Waals surface area contributed by atoms with Gasteiger partial charge in [0.15, 0.2) is 5.58 Å². The van der Waals surface area contributed by atoms with Crippen LogP contribution >= 0.6 is 0 Å². The van der Waals surface area contributed by atoms with Gasteiger partial charge >= 0.3 is 5.76 Å². The molecule has 2 rings (SSSR count). The molecule has 5 heteroatoms. The van der Waals surface area contributed by atoms with Crippen LogP contribution in [0.3, 0.4) is 0 Å². The molecule has 17 heavy (non-hydrogen) atoms. The summed E-state index contributed by atoms with van der Waals surface area (Å²) in [6.45, 7) is 3.90. The second kappa shape index (κ2) is 4.35. The van der Waals surface area contributed by atoms with Gasteiger partial charge < -0.3 is 15.3 Å². The highest BCUT2D eigenvalue weighted by Crippen LogP contribution is 2.24. The SMILES string of the molecule is CC(C)n1c(=O)oc2c(C(O)CN)cccc21. The Morgan fingerprint density at radius 2 is 2.18 bits per heavy atom. The van der Waals surface area contributed by atoms with E-state index in [1.807, 2.05) is 13.8 Å². The standard InChI is InChI=1S/C12H16N2O3/c1-7(2)14-9-5-3-4-8(10(15)6-13)11(9)17-12(14)16/h3-5,7,10,15H,6,13H2,1-2H3. The number of hydrogen-bond acceptors (Lipinski definition) is 4.